The van der Waals surface area contributed by atoms with Crippen LogP contribution in [-0.2, 0) is 14.6 Å². The number of fused-ring (bicyclic) bond motifs is 1. The first-order chi connectivity index (χ1) is 15.7. The number of ether oxygens (including phenoxy) is 2. The van der Waals surface area contributed by atoms with Gasteiger partial charge in [-0.2, -0.15) is 0 Å². The first-order valence-electron chi connectivity index (χ1n) is 10.5. The van der Waals surface area contributed by atoms with E-state index in [0.29, 0.717) is 28.7 Å². The van der Waals surface area contributed by atoms with Crippen LogP contribution in [0.3, 0.4) is 0 Å². The van der Waals surface area contributed by atoms with Gasteiger partial charge in [0, 0.05) is 25.1 Å². The highest BCUT2D eigenvalue weighted by atomic mass is 32.2. The molecule has 3 rings (SSSR count). The van der Waals surface area contributed by atoms with Gasteiger partial charge < -0.3 is 14.4 Å². The molecule has 2 aromatic carbocycles. The molecule has 8 nitrogen and oxygen atoms in total. The quantitative estimate of drug-likeness (QED) is 0.406. The molecule has 0 atom stereocenters. The molecule has 3 aromatic rings. The van der Waals surface area contributed by atoms with E-state index in [0.717, 1.165) is 17.7 Å². The van der Waals surface area contributed by atoms with E-state index in [4.69, 9.17) is 9.47 Å². The summed E-state index contributed by atoms with van der Waals surface area (Å²) in [5.41, 5.74) is 0.690. The summed E-state index contributed by atoms with van der Waals surface area (Å²) in [6, 6.07) is 11.8. The third-order valence-electron chi connectivity index (χ3n) is 5.09. The van der Waals surface area contributed by atoms with Crippen LogP contribution >= 0.6 is 11.3 Å². The first-order valence-corrected chi connectivity index (χ1v) is 13.0. The highest BCUT2D eigenvalue weighted by Crippen LogP contribution is 2.37. The summed E-state index contributed by atoms with van der Waals surface area (Å²) in [7, 11) is 3.50. The van der Waals surface area contributed by atoms with Gasteiger partial charge in [0.25, 0.3) is 0 Å². The van der Waals surface area contributed by atoms with Crippen LogP contribution in [0.15, 0.2) is 47.4 Å². The van der Waals surface area contributed by atoms with Crippen molar-refractivity contribution in [3.8, 4) is 11.5 Å². The molecule has 0 saturated heterocycles. The van der Waals surface area contributed by atoms with E-state index in [-0.39, 0.29) is 23.0 Å². The van der Waals surface area contributed by atoms with Gasteiger partial charge in [0.2, 0.25) is 5.91 Å². The maximum Gasteiger partial charge on any atom is 0.229 e. The standard InChI is InChI=1S/C23H29N3O5S2/c1-25(2)12-8-13-26(22(27)11-14-33(28,29)17-9-6-5-7-10-17)23-24-18-15-19(30-3)20(31-4)16-21(18)32-23/h5-7,9-10,15-16H,8,11-14H2,1-4H3. The number of benzene rings is 2. The van der Waals surface area contributed by atoms with Crippen molar-refractivity contribution in [3.63, 3.8) is 0 Å². The van der Waals surface area contributed by atoms with Crippen LogP contribution in [0.2, 0.25) is 0 Å². The topological polar surface area (TPSA) is 89.0 Å². The van der Waals surface area contributed by atoms with E-state index in [1.807, 2.05) is 25.1 Å². The van der Waals surface area contributed by atoms with E-state index in [1.54, 1.807) is 55.5 Å². The Morgan fingerprint density at radius 1 is 1.03 bits per heavy atom. The lowest BCUT2D eigenvalue weighted by atomic mass is 10.3. The van der Waals surface area contributed by atoms with Crippen LogP contribution in [-0.4, -0.2) is 71.4 Å². The monoisotopic (exact) mass is 491 g/mol. The summed E-state index contributed by atoms with van der Waals surface area (Å²) in [5, 5.41) is 0.529. The van der Waals surface area contributed by atoms with Crippen molar-refractivity contribution >= 4 is 42.4 Å². The van der Waals surface area contributed by atoms with Crippen molar-refractivity contribution in [1.29, 1.82) is 0 Å². The lowest BCUT2D eigenvalue weighted by Crippen LogP contribution is -2.34. The zero-order valence-corrected chi connectivity index (χ0v) is 20.9. The minimum atomic E-state index is -3.55. The van der Waals surface area contributed by atoms with Crippen molar-refractivity contribution in [2.24, 2.45) is 0 Å². The molecule has 0 radical (unpaired) electrons. The van der Waals surface area contributed by atoms with Crippen molar-refractivity contribution in [2.45, 2.75) is 17.7 Å². The number of methoxy groups -OCH3 is 2. The Morgan fingerprint density at radius 2 is 1.70 bits per heavy atom. The Labute approximate surface area is 198 Å². The third-order valence-corrected chi connectivity index (χ3v) is 7.86. The SMILES string of the molecule is COc1cc2nc(N(CCCN(C)C)C(=O)CCS(=O)(=O)c3ccccc3)sc2cc1OC. The molecule has 1 aromatic heterocycles. The van der Waals surface area contributed by atoms with Crippen molar-refractivity contribution in [1.82, 2.24) is 9.88 Å². The number of anilines is 1. The number of sulfone groups is 1. The second-order valence-corrected chi connectivity index (χ2v) is 10.9. The van der Waals surface area contributed by atoms with Gasteiger partial charge in [-0.05, 0) is 39.2 Å². The van der Waals surface area contributed by atoms with Gasteiger partial charge in [-0.3, -0.25) is 9.69 Å². The fourth-order valence-electron chi connectivity index (χ4n) is 3.33. The lowest BCUT2D eigenvalue weighted by molar-refractivity contribution is -0.118. The van der Waals surface area contributed by atoms with Gasteiger partial charge in [0.1, 0.15) is 0 Å². The lowest BCUT2D eigenvalue weighted by Gasteiger charge is -2.21. The number of nitrogens with zero attached hydrogens (tertiary/aromatic N) is 3. The van der Waals surface area contributed by atoms with E-state index < -0.39 is 9.84 Å². The predicted molar refractivity (Wildman–Crippen MR) is 131 cm³/mol. The van der Waals surface area contributed by atoms with Gasteiger partial charge in [0.15, 0.2) is 26.5 Å². The molecule has 1 amide bonds. The molecule has 0 N–H and O–H groups in total. The number of amides is 1. The number of hydrogen-bond acceptors (Lipinski definition) is 8. The molecule has 0 saturated carbocycles. The molecule has 33 heavy (non-hydrogen) atoms. The molecule has 0 aliphatic carbocycles. The van der Waals surface area contributed by atoms with E-state index in [2.05, 4.69) is 4.98 Å². The molecule has 1 heterocycles. The number of aromatic nitrogens is 1. The van der Waals surface area contributed by atoms with E-state index >= 15 is 0 Å². The Morgan fingerprint density at radius 3 is 2.33 bits per heavy atom. The zero-order chi connectivity index (χ0) is 24.0. The second kappa shape index (κ2) is 11.0. The number of carbonyl (C=O) groups excluding carboxylic acids is 1. The molecular formula is C23H29N3O5S2. The number of thiazole rings is 1. The largest absolute Gasteiger partial charge is 0.493 e. The smallest absolute Gasteiger partial charge is 0.229 e. The number of hydrogen-bond donors (Lipinski definition) is 0. The molecule has 10 heteroatoms. The molecule has 0 aliphatic heterocycles. The van der Waals surface area contributed by atoms with Crippen LogP contribution in [0.1, 0.15) is 12.8 Å². The first kappa shape index (κ1) is 24.9. The van der Waals surface area contributed by atoms with Crippen LogP contribution < -0.4 is 14.4 Å². The minimum absolute atomic E-state index is 0.123. The Hall–Kier alpha value is -2.69. The number of carbonyl (C=O) groups is 1. The summed E-state index contributed by atoms with van der Waals surface area (Å²) in [6.45, 7) is 1.23. The predicted octanol–water partition coefficient (Wildman–Crippen LogP) is 3.46. The summed E-state index contributed by atoms with van der Waals surface area (Å²) < 4.78 is 36.9. The third kappa shape index (κ3) is 6.21. The Balaban J connectivity index is 1.85. The summed E-state index contributed by atoms with van der Waals surface area (Å²) in [5.74, 6) is 0.610. The fourth-order valence-corrected chi connectivity index (χ4v) is 5.60. The highest BCUT2D eigenvalue weighted by molar-refractivity contribution is 7.91. The molecule has 0 unspecified atom stereocenters. The zero-order valence-electron chi connectivity index (χ0n) is 19.3. The van der Waals surface area contributed by atoms with Crippen molar-refractivity contribution in [3.05, 3.63) is 42.5 Å². The molecule has 178 valence electrons. The average Bonchev–Trinajstić information content (AvgIpc) is 3.22. The van der Waals surface area contributed by atoms with Gasteiger partial charge in [-0.25, -0.2) is 13.4 Å². The Bertz CT molecular complexity index is 1150. The molecule has 0 bridgehead atoms. The highest BCUT2D eigenvalue weighted by Gasteiger charge is 2.23. The van der Waals surface area contributed by atoms with Crippen molar-refractivity contribution in [2.75, 3.05) is 52.1 Å². The Kier molecular flexibility index (Phi) is 8.28. The van der Waals surface area contributed by atoms with Crippen LogP contribution in [0.4, 0.5) is 5.13 Å². The summed E-state index contributed by atoms with van der Waals surface area (Å²) in [6.07, 6.45) is 0.606. The fraction of sp³-hybridized carbons (Fsp3) is 0.391. The van der Waals surface area contributed by atoms with Crippen LogP contribution in [0.5, 0.6) is 11.5 Å². The maximum absolute atomic E-state index is 13.2. The van der Waals surface area contributed by atoms with Gasteiger partial charge in [-0.1, -0.05) is 29.5 Å². The van der Waals surface area contributed by atoms with E-state index in [1.165, 1.54) is 11.3 Å². The summed E-state index contributed by atoms with van der Waals surface area (Å²) in [4.78, 5) is 21.7. The normalized spacial score (nSPS) is 11.7. The average molecular weight is 492 g/mol. The number of rotatable bonds is 11. The van der Waals surface area contributed by atoms with Gasteiger partial charge >= 0.3 is 0 Å². The molecular weight excluding hydrogens is 462 g/mol. The van der Waals surface area contributed by atoms with Gasteiger partial charge in [0.05, 0.1) is 35.1 Å². The molecule has 0 aliphatic rings. The van der Waals surface area contributed by atoms with E-state index in [9.17, 15) is 13.2 Å². The van der Waals surface area contributed by atoms with Crippen LogP contribution in [0, 0.1) is 0 Å². The molecule has 0 fully saturated rings. The maximum atomic E-state index is 13.2. The second-order valence-electron chi connectivity index (χ2n) is 7.76. The van der Waals surface area contributed by atoms with Crippen LogP contribution in [0.25, 0.3) is 10.2 Å². The van der Waals surface area contributed by atoms with Gasteiger partial charge in [-0.15, -0.1) is 0 Å². The van der Waals surface area contributed by atoms with Crippen molar-refractivity contribution < 1.29 is 22.7 Å². The minimum Gasteiger partial charge on any atom is -0.493 e. The molecule has 0 spiro atoms. The summed E-state index contributed by atoms with van der Waals surface area (Å²) >= 11 is 1.37.